The largest absolute Gasteiger partial charge is 0.401 e. The van der Waals surface area contributed by atoms with E-state index in [1.54, 1.807) is 0 Å². The maximum atomic E-state index is 12.2. The van der Waals surface area contributed by atoms with Gasteiger partial charge in [0.25, 0.3) is 0 Å². The van der Waals surface area contributed by atoms with Crippen molar-refractivity contribution >= 4 is 10.9 Å². The van der Waals surface area contributed by atoms with Crippen LogP contribution in [0.25, 0.3) is 10.9 Å². The van der Waals surface area contributed by atoms with Gasteiger partial charge in [-0.25, -0.2) is 0 Å². The van der Waals surface area contributed by atoms with Crippen LogP contribution in [0.4, 0.5) is 13.2 Å². The van der Waals surface area contributed by atoms with E-state index in [0.29, 0.717) is 13.0 Å². The number of alkyl halides is 3. The number of aromatic nitrogens is 1. The number of nitrogens with one attached hydrogen (secondary N) is 2. The molecule has 0 saturated heterocycles. The highest BCUT2D eigenvalue weighted by Crippen LogP contribution is 2.30. The van der Waals surface area contributed by atoms with Gasteiger partial charge in [0.15, 0.2) is 0 Å². The summed E-state index contributed by atoms with van der Waals surface area (Å²) in [4.78, 5) is 3.38. The molecule has 0 amide bonds. The van der Waals surface area contributed by atoms with Gasteiger partial charge in [0.1, 0.15) is 0 Å². The lowest BCUT2D eigenvalue weighted by Crippen LogP contribution is -2.30. The Bertz CT molecular complexity index is 671. The van der Waals surface area contributed by atoms with Crippen molar-refractivity contribution in [3.8, 4) is 0 Å². The molecule has 0 bridgehead atoms. The molecule has 2 nitrogen and oxygen atoms in total. The summed E-state index contributed by atoms with van der Waals surface area (Å²) in [5.74, 6) is 0. The van der Waals surface area contributed by atoms with E-state index >= 15 is 0 Å². The summed E-state index contributed by atoms with van der Waals surface area (Å²) < 4.78 is 36.5. The van der Waals surface area contributed by atoms with Gasteiger partial charge >= 0.3 is 6.18 Å². The van der Waals surface area contributed by atoms with Crippen LogP contribution >= 0.6 is 0 Å². The molecular formula is C17H21F3N2. The SMILES string of the molecule is Cc1[nH]c2cc3c(cc2c1CCNCC(F)(F)F)CCCC3. The second kappa shape index (κ2) is 5.95. The number of fused-ring (bicyclic) bond motifs is 2. The fourth-order valence-corrected chi connectivity index (χ4v) is 3.38. The molecule has 2 aromatic rings. The number of hydrogen-bond donors (Lipinski definition) is 2. The van der Waals surface area contributed by atoms with E-state index in [9.17, 15) is 13.2 Å². The highest BCUT2D eigenvalue weighted by molar-refractivity contribution is 5.86. The molecule has 1 heterocycles. The number of hydrogen-bond acceptors (Lipinski definition) is 1. The number of aryl methyl sites for hydroxylation is 3. The third kappa shape index (κ3) is 3.29. The lowest BCUT2D eigenvalue weighted by atomic mass is 9.90. The Kier molecular flexibility index (Phi) is 4.17. The molecule has 22 heavy (non-hydrogen) atoms. The van der Waals surface area contributed by atoms with Crippen LogP contribution in [0.15, 0.2) is 12.1 Å². The summed E-state index contributed by atoms with van der Waals surface area (Å²) in [5, 5.41) is 3.65. The number of rotatable bonds is 4. The second-order valence-corrected chi connectivity index (χ2v) is 6.14. The maximum Gasteiger partial charge on any atom is 0.401 e. The molecule has 5 heteroatoms. The van der Waals surface area contributed by atoms with Crippen molar-refractivity contribution in [2.75, 3.05) is 13.1 Å². The summed E-state index contributed by atoms with van der Waals surface area (Å²) in [6.07, 6.45) is 1.18. The average molecular weight is 310 g/mol. The van der Waals surface area contributed by atoms with Gasteiger partial charge in [0.05, 0.1) is 6.54 Å². The quantitative estimate of drug-likeness (QED) is 0.819. The van der Waals surface area contributed by atoms with E-state index in [1.807, 2.05) is 6.92 Å². The predicted octanol–water partition coefficient (Wildman–Crippen LogP) is 4.05. The highest BCUT2D eigenvalue weighted by Gasteiger charge is 2.26. The zero-order valence-electron chi connectivity index (χ0n) is 12.7. The van der Waals surface area contributed by atoms with Crippen LogP contribution in [0.5, 0.6) is 0 Å². The van der Waals surface area contributed by atoms with Crippen molar-refractivity contribution in [1.82, 2.24) is 10.3 Å². The fraction of sp³-hybridized carbons (Fsp3) is 0.529. The lowest BCUT2D eigenvalue weighted by Gasteiger charge is -2.15. The smallest absolute Gasteiger partial charge is 0.358 e. The second-order valence-electron chi connectivity index (χ2n) is 6.14. The van der Waals surface area contributed by atoms with Crippen LogP contribution in [-0.4, -0.2) is 24.2 Å². The van der Waals surface area contributed by atoms with Gasteiger partial charge in [-0.05, 0) is 74.4 Å². The van der Waals surface area contributed by atoms with E-state index < -0.39 is 12.7 Å². The van der Waals surface area contributed by atoms with Crippen LogP contribution < -0.4 is 5.32 Å². The number of halogens is 3. The molecule has 0 radical (unpaired) electrons. The third-order valence-electron chi connectivity index (χ3n) is 4.46. The molecule has 1 aromatic heterocycles. The van der Waals surface area contributed by atoms with Gasteiger partial charge in [0.2, 0.25) is 0 Å². The van der Waals surface area contributed by atoms with Crippen LogP contribution in [-0.2, 0) is 19.3 Å². The summed E-state index contributed by atoms with van der Waals surface area (Å²) in [6.45, 7) is 1.41. The van der Waals surface area contributed by atoms with Gasteiger partial charge in [-0.15, -0.1) is 0 Å². The van der Waals surface area contributed by atoms with Crippen molar-refractivity contribution in [3.05, 3.63) is 34.5 Å². The standard InChI is InChI=1S/C17H21F3N2/c1-11-14(6-7-21-10-17(18,19)20)15-8-12-4-2-3-5-13(12)9-16(15)22-11/h8-9,21-22H,2-7,10H2,1H3. The molecular weight excluding hydrogens is 289 g/mol. The van der Waals surface area contributed by atoms with Crippen LogP contribution in [0, 0.1) is 6.92 Å². The Morgan fingerprint density at radius 3 is 2.50 bits per heavy atom. The first-order valence-corrected chi connectivity index (χ1v) is 7.84. The summed E-state index contributed by atoms with van der Waals surface area (Å²) >= 11 is 0. The van der Waals surface area contributed by atoms with E-state index in [0.717, 1.165) is 29.6 Å². The van der Waals surface area contributed by atoms with Crippen molar-refractivity contribution in [3.63, 3.8) is 0 Å². The Labute approximate surface area is 128 Å². The first kappa shape index (κ1) is 15.4. The molecule has 1 aliphatic rings. The normalized spacial score (nSPS) is 15.3. The van der Waals surface area contributed by atoms with Gasteiger partial charge in [-0.1, -0.05) is 0 Å². The predicted molar refractivity (Wildman–Crippen MR) is 82.3 cm³/mol. The van der Waals surface area contributed by atoms with E-state index in [-0.39, 0.29) is 0 Å². The number of H-pyrrole nitrogens is 1. The zero-order chi connectivity index (χ0) is 15.7. The molecule has 0 atom stereocenters. The van der Waals surface area contributed by atoms with Crippen molar-refractivity contribution < 1.29 is 13.2 Å². The minimum absolute atomic E-state index is 0.338. The Hall–Kier alpha value is -1.49. The lowest BCUT2D eigenvalue weighted by molar-refractivity contribution is -0.124. The highest BCUT2D eigenvalue weighted by atomic mass is 19.4. The molecule has 2 N–H and O–H groups in total. The average Bonchev–Trinajstić information content (AvgIpc) is 2.75. The Morgan fingerprint density at radius 2 is 1.82 bits per heavy atom. The van der Waals surface area contributed by atoms with Crippen molar-refractivity contribution in [2.24, 2.45) is 0 Å². The maximum absolute atomic E-state index is 12.2. The fourth-order valence-electron chi connectivity index (χ4n) is 3.38. The van der Waals surface area contributed by atoms with Crippen molar-refractivity contribution in [2.45, 2.75) is 45.2 Å². The first-order chi connectivity index (χ1) is 10.4. The van der Waals surface area contributed by atoms with Gasteiger partial charge in [0, 0.05) is 16.6 Å². The van der Waals surface area contributed by atoms with Gasteiger partial charge in [-0.3, -0.25) is 0 Å². The van der Waals surface area contributed by atoms with E-state index in [2.05, 4.69) is 22.4 Å². The molecule has 0 spiro atoms. The Morgan fingerprint density at radius 1 is 1.14 bits per heavy atom. The molecule has 0 aliphatic heterocycles. The zero-order valence-corrected chi connectivity index (χ0v) is 12.7. The number of aromatic amines is 1. The van der Waals surface area contributed by atoms with Gasteiger partial charge < -0.3 is 10.3 Å². The minimum atomic E-state index is -4.14. The molecule has 0 fully saturated rings. The van der Waals surface area contributed by atoms with Gasteiger partial charge in [-0.2, -0.15) is 13.2 Å². The van der Waals surface area contributed by atoms with E-state index in [4.69, 9.17) is 0 Å². The number of benzene rings is 1. The summed E-state index contributed by atoms with van der Waals surface area (Å²) in [5.41, 5.74) is 6.14. The molecule has 0 unspecified atom stereocenters. The molecule has 120 valence electrons. The molecule has 1 aliphatic carbocycles. The monoisotopic (exact) mass is 310 g/mol. The van der Waals surface area contributed by atoms with Crippen molar-refractivity contribution in [1.29, 1.82) is 0 Å². The first-order valence-electron chi connectivity index (χ1n) is 7.84. The van der Waals surface area contributed by atoms with Crippen LogP contribution in [0.3, 0.4) is 0 Å². The third-order valence-corrected chi connectivity index (χ3v) is 4.46. The molecule has 0 saturated carbocycles. The summed E-state index contributed by atoms with van der Waals surface area (Å²) in [7, 11) is 0. The van der Waals surface area contributed by atoms with E-state index in [1.165, 1.54) is 29.4 Å². The molecule has 3 rings (SSSR count). The molecule has 1 aromatic carbocycles. The van der Waals surface area contributed by atoms with Crippen LogP contribution in [0.2, 0.25) is 0 Å². The Balaban J connectivity index is 1.78. The summed E-state index contributed by atoms with van der Waals surface area (Å²) in [6, 6.07) is 4.47. The topological polar surface area (TPSA) is 27.8 Å². The minimum Gasteiger partial charge on any atom is -0.358 e. The van der Waals surface area contributed by atoms with Crippen LogP contribution in [0.1, 0.15) is 35.2 Å².